The van der Waals surface area contributed by atoms with Crippen LogP contribution in [-0.2, 0) is 19.1 Å². The Hall–Kier alpha value is -1.46. The summed E-state index contributed by atoms with van der Waals surface area (Å²) < 4.78 is 11.0. The van der Waals surface area contributed by atoms with Crippen LogP contribution in [0, 0.1) is 5.92 Å². The smallest absolute Gasteiger partial charge is 0.302 e. The summed E-state index contributed by atoms with van der Waals surface area (Å²) >= 11 is 0. The van der Waals surface area contributed by atoms with Gasteiger partial charge in [-0.05, 0) is 64.5 Å². The molecule has 1 fully saturated rings. The third-order valence-corrected chi connectivity index (χ3v) is 5.26. The average Bonchev–Trinajstić information content (AvgIpc) is 2.73. The van der Waals surface area contributed by atoms with Gasteiger partial charge in [0, 0.05) is 19.3 Å². The first-order chi connectivity index (χ1) is 12.6. The number of carbonyl (C=O) groups is 2. The lowest BCUT2D eigenvalue weighted by Crippen LogP contribution is -2.41. The fourth-order valence-corrected chi connectivity index (χ4v) is 3.16. The number of allylic oxidation sites excluding steroid dienone is 2. The van der Waals surface area contributed by atoms with Gasteiger partial charge in [-0.2, -0.15) is 0 Å². The summed E-state index contributed by atoms with van der Waals surface area (Å²) in [5.74, 6) is -0.0230. The Labute approximate surface area is 163 Å². The molecule has 1 heterocycles. The molecule has 154 valence electrons. The SMILES string of the molecule is CC(=O)OC/C=C1\CC[C@@H](O)C(C)(CCCC(C)C(=O)CC=C(C)C)OC1. The Kier molecular flexibility index (Phi) is 9.95. The normalized spacial score (nSPS) is 25.6. The molecule has 1 aliphatic rings. The van der Waals surface area contributed by atoms with E-state index in [-0.39, 0.29) is 24.3 Å². The highest BCUT2D eigenvalue weighted by molar-refractivity contribution is 5.82. The van der Waals surface area contributed by atoms with E-state index in [1.807, 2.05) is 39.8 Å². The van der Waals surface area contributed by atoms with Gasteiger partial charge >= 0.3 is 5.97 Å². The monoisotopic (exact) mass is 380 g/mol. The van der Waals surface area contributed by atoms with E-state index in [2.05, 4.69) is 0 Å². The number of aliphatic hydroxyl groups is 1. The van der Waals surface area contributed by atoms with E-state index < -0.39 is 11.7 Å². The average molecular weight is 381 g/mol. The highest BCUT2D eigenvalue weighted by Gasteiger charge is 2.36. The summed E-state index contributed by atoms with van der Waals surface area (Å²) in [6.07, 6.45) is 7.49. The number of esters is 1. The van der Waals surface area contributed by atoms with Crippen molar-refractivity contribution in [2.24, 2.45) is 5.92 Å². The third kappa shape index (κ3) is 8.85. The Morgan fingerprint density at radius 1 is 1.37 bits per heavy atom. The molecule has 1 saturated heterocycles. The summed E-state index contributed by atoms with van der Waals surface area (Å²) in [5, 5.41) is 10.5. The molecular weight excluding hydrogens is 344 g/mol. The van der Waals surface area contributed by atoms with Crippen molar-refractivity contribution in [2.75, 3.05) is 13.2 Å². The number of ether oxygens (including phenoxy) is 2. The number of Topliss-reactive ketones (excluding diaryl/α,β-unsaturated/α-hetero) is 1. The minimum Gasteiger partial charge on any atom is -0.462 e. The Bertz CT molecular complexity index is 559. The lowest BCUT2D eigenvalue weighted by atomic mass is 9.87. The maximum atomic E-state index is 12.2. The fourth-order valence-electron chi connectivity index (χ4n) is 3.16. The zero-order valence-electron chi connectivity index (χ0n) is 17.5. The molecule has 1 rings (SSSR count). The van der Waals surface area contributed by atoms with E-state index in [0.29, 0.717) is 25.9 Å². The van der Waals surface area contributed by atoms with Crippen molar-refractivity contribution in [1.29, 1.82) is 0 Å². The number of hydrogen-bond donors (Lipinski definition) is 1. The topological polar surface area (TPSA) is 72.8 Å². The zero-order chi connectivity index (χ0) is 20.4. The first kappa shape index (κ1) is 23.6. The van der Waals surface area contributed by atoms with Crippen LogP contribution in [0.2, 0.25) is 0 Å². The van der Waals surface area contributed by atoms with Crippen molar-refractivity contribution in [1.82, 2.24) is 0 Å². The molecule has 1 N–H and O–H groups in total. The van der Waals surface area contributed by atoms with E-state index in [9.17, 15) is 14.7 Å². The first-order valence-corrected chi connectivity index (χ1v) is 9.93. The van der Waals surface area contributed by atoms with Crippen LogP contribution >= 0.6 is 0 Å². The van der Waals surface area contributed by atoms with Crippen LogP contribution in [0.25, 0.3) is 0 Å². The van der Waals surface area contributed by atoms with Gasteiger partial charge in [0.05, 0.1) is 18.3 Å². The van der Waals surface area contributed by atoms with Crippen LogP contribution in [0.3, 0.4) is 0 Å². The summed E-state index contributed by atoms with van der Waals surface area (Å²) in [6.45, 7) is 9.98. The molecule has 0 aromatic carbocycles. The molecule has 1 aliphatic heterocycles. The second-order valence-corrected chi connectivity index (χ2v) is 8.07. The molecule has 0 radical (unpaired) electrons. The summed E-state index contributed by atoms with van der Waals surface area (Å²) in [5.41, 5.74) is 1.60. The fraction of sp³-hybridized carbons (Fsp3) is 0.727. The van der Waals surface area contributed by atoms with Crippen molar-refractivity contribution >= 4 is 11.8 Å². The number of carbonyl (C=O) groups excluding carboxylic acids is 2. The minimum atomic E-state index is -0.611. The van der Waals surface area contributed by atoms with Crippen molar-refractivity contribution in [3.63, 3.8) is 0 Å². The molecule has 0 spiro atoms. The molecule has 2 unspecified atom stereocenters. The molecule has 0 amide bonds. The Balaban J connectivity index is 2.50. The number of ketones is 1. The van der Waals surface area contributed by atoms with Gasteiger partial charge in [-0.15, -0.1) is 0 Å². The molecule has 0 bridgehead atoms. The molecular formula is C22H36O5. The molecule has 3 atom stereocenters. The molecule has 0 aliphatic carbocycles. The highest BCUT2D eigenvalue weighted by atomic mass is 16.5. The predicted octanol–water partition coefficient (Wildman–Crippen LogP) is 4.14. The second kappa shape index (κ2) is 11.4. The summed E-state index contributed by atoms with van der Waals surface area (Å²) in [4.78, 5) is 23.0. The van der Waals surface area contributed by atoms with E-state index in [4.69, 9.17) is 9.47 Å². The molecule has 0 aromatic heterocycles. The molecule has 5 nitrogen and oxygen atoms in total. The van der Waals surface area contributed by atoms with Gasteiger partial charge in [0.2, 0.25) is 0 Å². The van der Waals surface area contributed by atoms with Crippen molar-refractivity contribution < 1.29 is 24.2 Å². The maximum absolute atomic E-state index is 12.2. The van der Waals surface area contributed by atoms with Gasteiger partial charge in [-0.3, -0.25) is 9.59 Å². The van der Waals surface area contributed by atoms with Crippen LogP contribution in [0.5, 0.6) is 0 Å². The van der Waals surface area contributed by atoms with Crippen LogP contribution in [0.4, 0.5) is 0 Å². The van der Waals surface area contributed by atoms with Crippen molar-refractivity contribution in [3.8, 4) is 0 Å². The highest BCUT2D eigenvalue weighted by Crippen LogP contribution is 2.31. The van der Waals surface area contributed by atoms with Crippen LogP contribution in [0.15, 0.2) is 23.3 Å². The van der Waals surface area contributed by atoms with Gasteiger partial charge in [-0.1, -0.05) is 18.6 Å². The van der Waals surface area contributed by atoms with Crippen molar-refractivity contribution in [2.45, 2.75) is 84.8 Å². The quantitative estimate of drug-likeness (QED) is 0.481. The standard InChI is InChI=1S/C22H36O5/c1-16(2)8-10-20(24)17(3)7-6-13-22(5)21(25)11-9-19(15-27-22)12-14-26-18(4)23/h8,12,17,21,25H,6-7,9-11,13-15H2,1-5H3/b19-12+/t17?,21-,22?/m1/s1. The Morgan fingerprint density at radius 3 is 2.70 bits per heavy atom. The van der Waals surface area contributed by atoms with Gasteiger partial charge in [0.15, 0.2) is 0 Å². The minimum absolute atomic E-state index is 0.0197. The lowest BCUT2D eigenvalue weighted by Gasteiger charge is -2.33. The molecule has 0 saturated carbocycles. The number of aliphatic hydroxyl groups excluding tert-OH is 1. The summed E-state index contributed by atoms with van der Waals surface area (Å²) in [7, 11) is 0. The van der Waals surface area contributed by atoms with Crippen LogP contribution < -0.4 is 0 Å². The molecule has 27 heavy (non-hydrogen) atoms. The van der Waals surface area contributed by atoms with E-state index in [1.54, 1.807) is 0 Å². The maximum Gasteiger partial charge on any atom is 0.302 e. The van der Waals surface area contributed by atoms with E-state index in [0.717, 1.165) is 30.4 Å². The number of rotatable bonds is 9. The van der Waals surface area contributed by atoms with Gasteiger partial charge in [0.1, 0.15) is 12.4 Å². The summed E-state index contributed by atoms with van der Waals surface area (Å²) in [6, 6.07) is 0. The molecule has 0 aromatic rings. The van der Waals surface area contributed by atoms with Gasteiger partial charge < -0.3 is 14.6 Å². The van der Waals surface area contributed by atoms with Gasteiger partial charge in [-0.25, -0.2) is 0 Å². The molecule has 5 heteroatoms. The van der Waals surface area contributed by atoms with Crippen LogP contribution in [0.1, 0.15) is 73.1 Å². The predicted molar refractivity (Wildman–Crippen MR) is 106 cm³/mol. The third-order valence-electron chi connectivity index (χ3n) is 5.26. The second-order valence-electron chi connectivity index (χ2n) is 8.07. The van der Waals surface area contributed by atoms with Crippen molar-refractivity contribution in [3.05, 3.63) is 23.3 Å². The van der Waals surface area contributed by atoms with E-state index in [1.165, 1.54) is 6.92 Å². The first-order valence-electron chi connectivity index (χ1n) is 9.93. The number of hydrogen-bond acceptors (Lipinski definition) is 5. The largest absolute Gasteiger partial charge is 0.462 e. The van der Waals surface area contributed by atoms with E-state index >= 15 is 0 Å². The Morgan fingerprint density at radius 2 is 2.07 bits per heavy atom. The van der Waals surface area contributed by atoms with Crippen LogP contribution in [-0.4, -0.2) is 41.8 Å². The lowest BCUT2D eigenvalue weighted by molar-refractivity contribution is -0.139. The van der Waals surface area contributed by atoms with Gasteiger partial charge in [0.25, 0.3) is 0 Å². The zero-order valence-corrected chi connectivity index (χ0v) is 17.5.